The van der Waals surface area contributed by atoms with Gasteiger partial charge in [-0.25, -0.2) is 4.79 Å². The third-order valence-corrected chi connectivity index (χ3v) is 2.95. The maximum atomic E-state index is 12.2. The Morgan fingerprint density at radius 1 is 1.24 bits per heavy atom. The number of carboxylic acid groups (broad SMARTS) is 1. The Bertz CT molecular complexity index is 841. The molecule has 0 atom stereocenters. The van der Waals surface area contributed by atoms with Crippen molar-refractivity contribution < 1.29 is 14.7 Å². The second-order valence-electron chi connectivity index (χ2n) is 4.33. The Labute approximate surface area is 118 Å². The number of anilines is 1. The highest BCUT2D eigenvalue weighted by atomic mass is 16.4. The maximum absolute atomic E-state index is 12.2. The standard InChI is InChI=1S/C14H10N4O3/c19-13(12-10(14(20)21)2-1-5-15-12)17-9-4-3-8-7-16-18-11(8)6-9/h1-7H,(H,16,18)(H,17,19)(H,20,21). The highest BCUT2D eigenvalue weighted by molar-refractivity contribution is 6.09. The van der Waals surface area contributed by atoms with Crippen LogP contribution in [0.5, 0.6) is 0 Å². The van der Waals surface area contributed by atoms with Crippen molar-refractivity contribution in [3.8, 4) is 0 Å². The van der Waals surface area contributed by atoms with Gasteiger partial charge in [0.25, 0.3) is 5.91 Å². The summed E-state index contributed by atoms with van der Waals surface area (Å²) in [7, 11) is 0. The summed E-state index contributed by atoms with van der Waals surface area (Å²) in [6.45, 7) is 0. The quantitative estimate of drug-likeness (QED) is 0.680. The summed E-state index contributed by atoms with van der Waals surface area (Å²) in [5.41, 5.74) is 1.03. The van der Waals surface area contributed by atoms with E-state index in [0.717, 1.165) is 10.9 Å². The van der Waals surface area contributed by atoms with Crippen molar-refractivity contribution in [2.24, 2.45) is 0 Å². The number of aromatic nitrogens is 3. The summed E-state index contributed by atoms with van der Waals surface area (Å²) in [6.07, 6.45) is 3.04. The molecule has 3 rings (SSSR count). The van der Waals surface area contributed by atoms with Crippen molar-refractivity contribution in [1.29, 1.82) is 0 Å². The SMILES string of the molecule is O=C(O)c1cccnc1C(=O)Nc1ccc2cn[nH]c2c1. The average molecular weight is 282 g/mol. The molecule has 0 saturated heterocycles. The summed E-state index contributed by atoms with van der Waals surface area (Å²) in [5.74, 6) is -1.77. The van der Waals surface area contributed by atoms with E-state index >= 15 is 0 Å². The molecule has 2 aromatic heterocycles. The number of carboxylic acids is 1. The fourth-order valence-corrected chi connectivity index (χ4v) is 1.96. The first-order valence-electron chi connectivity index (χ1n) is 6.08. The number of H-pyrrole nitrogens is 1. The first-order valence-corrected chi connectivity index (χ1v) is 6.08. The molecule has 1 amide bonds. The number of benzene rings is 1. The summed E-state index contributed by atoms with van der Waals surface area (Å²) in [6, 6.07) is 8.02. The van der Waals surface area contributed by atoms with Gasteiger partial charge < -0.3 is 10.4 Å². The minimum absolute atomic E-state index is 0.130. The van der Waals surface area contributed by atoms with Crippen LogP contribution < -0.4 is 5.32 Å². The molecule has 0 aliphatic carbocycles. The first kappa shape index (κ1) is 12.8. The molecule has 3 N–H and O–H groups in total. The van der Waals surface area contributed by atoms with Gasteiger partial charge in [0.2, 0.25) is 0 Å². The van der Waals surface area contributed by atoms with Crippen LogP contribution in [0.3, 0.4) is 0 Å². The number of aromatic carboxylic acids is 1. The van der Waals surface area contributed by atoms with E-state index < -0.39 is 11.9 Å². The Morgan fingerprint density at radius 3 is 2.90 bits per heavy atom. The lowest BCUT2D eigenvalue weighted by Crippen LogP contribution is -2.18. The van der Waals surface area contributed by atoms with Crippen LogP contribution in [-0.4, -0.2) is 32.2 Å². The third kappa shape index (κ3) is 2.44. The average Bonchev–Trinajstić information content (AvgIpc) is 2.94. The highest BCUT2D eigenvalue weighted by Crippen LogP contribution is 2.17. The number of nitrogens with zero attached hydrogens (tertiary/aromatic N) is 2. The number of pyridine rings is 1. The summed E-state index contributed by atoms with van der Waals surface area (Å²) in [5, 5.41) is 19.3. The van der Waals surface area contributed by atoms with Crippen molar-refractivity contribution in [3.05, 3.63) is 54.0 Å². The topological polar surface area (TPSA) is 108 Å². The lowest BCUT2D eigenvalue weighted by atomic mass is 10.1. The minimum atomic E-state index is -1.20. The molecule has 2 heterocycles. The number of rotatable bonds is 3. The molecule has 0 spiro atoms. The largest absolute Gasteiger partial charge is 0.478 e. The van der Waals surface area contributed by atoms with Gasteiger partial charge in [-0.3, -0.25) is 14.9 Å². The summed E-state index contributed by atoms with van der Waals surface area (Å²) >= 11 is 0. The van der Waals surface area contributed by atoms with Crippen molar-refractivity contribution >= 4 is 28.5 Å². The van der Waals surface area contributed by atoms with Gasteiger partial charge in [-0.05, 0) is 30.3 Å². The van der Waals surface area contributed by atoms with Crippen LogP contribution in [0.1, 0.15) is 20.8 Å². The van der Waals surface area contributed by atoms with E-state index in [-0.39, 0.29) is 11.3 Å². The lowest BCUT2D eigenvalue weighted by Gasteiger charge is -2.06. The molecular formula is C14H10N4O3. The van der Waals surface area contributed by atoms with Crippen molar-refractivity contribution in [2.75, 3.05) is 5.32 Å². The van der Waals surface area contributed by atoms with Gasteiger partial charge in [0, 0.05) is 17.3 Å². The van der Waals surface area contributed by atoms with E-state index in [1.165, 1.54) is 18.3 Å². The van der Waals surface area contributed by atoms with Gasteiger partial charge in [-0.1, -0.05) is 0 Å². The van der Waals surface area contributed by atoms with Crippen LogP contribution in [0.15, 0.2) is 42.7 Å². The predicted molar refractivity (Wildman–Crippen MR) is 75.2 cm³/mol. The monoisotopic (exact) mass is 282 g/mol. The number of amides is 1. The molecule has 0 aliphatic heterocycles. The van der Waals surface area contributed by atoms with Crippen molar-refractivity contribution in [3.63, 3.8) is 0 Å². The molecule has 0 bridgehead atoms. The van der Waals surface area contributed by atoms with Crippen LogP contribution in [0.4, 0.5) is 5.69 Å². The number of hydrogen-bond acceptors (Lipinski definition) is 4. The minimum Gasteiger partial charge on any atom is -0.478 e. The maximum Gasteiger partial charge on any atom is 0.338 e. The smallest absolute Gasteiger partial charge is 0.338 e. The van der Waals surface area contributed by atoms with Gasteiger partial charge in [0.05, 0.1) is 17.3 Å². The number of carbonyl (C=O) groups excluding carboxylic acids is 1. The first-order chi connectivity index (χ1) is 10.1. The van der Waals surface area contributed by atoms with Crippen molar-refractivity contribution in [1.82, 2.24) is 15.2 Å². The Kier molecular flexibility index (Phi) is 3.07. The van der Waals surface area contributed by atoms with Crippen molar-refractivity contribution in [2.45, 2.75) is 0 Å². The second-order valence-corrected chi connectivity index (χ2v) is 4.33. The molecule has 0 unspecified atom stereocenters. The number of fused-ring (bicyclic) bond motifs is 1. The molecule has 7 nitrogen and oxygen atoms in total. The molecule has 0 aliphatic rings. The third-order valence-electron chi connectivity index (χ3n) is 2.95. The van der Waals surface area contributed by atoms with Gasteiger partial charge in [-0.2, -0.15) is 5.10 Å². The van der Waals surface area contributed by atoms with E-state index in [2.05, 4.69) is 20.5 Å². The molecule has 3 aromatic rings. The molecule has 104 valence electrons. The van der Waals surface area contributed by atoms with Gasteiger partial charge in [-0.15, -0.1) is 0 Å². The zero-order valence-electron chi connectivity index (χ0n) is 10.7. The van der Waals surface area contributed by atoms with Crippen LogP contribution in [-0.2, 0) is 0 Å². The summed E-state index contributed by atoms with van der Waals surface area (Å²) < 4.78 is 0. The van der Waals surface area contributed by atoms with E-state index in [1.54, 1.807) is 24.4 Å². The van der Waals surface area contributed by atoms with E-state index in [4.69, 9.17) is 5.11 Å². The molecule has 1 aromatic carbocycles. The Balaban J connectivity index is 1.91. The van der Waals surface area contributed by atoms with Crippen LogP contribution in [0, 0.1) is 0 Å². The highest BCUT2D eigenvalue weighted by Gasteiger charge is 2.17. The predicted octanol–water partition coefficient (Wildman–Crippen LogP) is 1.91. The molecule has 0 radical (unpaired) electrons. The van der Waals surface area contributed by atoms with Gasteiger partial charge >= 0.3 is 5.97 Å². The molecular weight excluding hydrogens is 272 g/mol. The Morgan fingerprint density at radius 2 is 2.10 bits per heavy atom. The number of aromatic amines is 1. The lowest BCUT2D eigenvalue weighted by molar-refractivity contribution is 0.0691. The normalized spacial score (nSPS) is 10.5. The number of hydrogen-bond donors (Lipinski definition) is 3. The van der Waals surface area contributed by atoms with Crippen LogP contribution in [0.2, 0.25) is 0 Å². The van der Waals surface area contributed by atoms with E-state index in [0.29, 0.717) is 5.69 Å². The van der Waals surface area contributed by atoms with Gasteiger partial charge in [0.15, 0.2) is 0 Å². The second kappa shape index (κ2) is 5.04. The van der Waals surface area contributed by atoms with E-state index in [9.17, 15) is 9.59 Å². The summed E-state index contributed by atoms with van der Waals surface area (Å²) in [4.78, 5) is 27.1. The molecule has 21 heavy (non-hydrogen) atoms. The van der Waals surface area contributed by atoms with Gasteiger partial charge in [0.1, 0.15) is 5.69 Å². The van der Waals surface area contributed by atoms with Crippen LogP contribution in [0.25, 0.3) is 10.9 Å². The van der Waals surface area contributed by atoms with E-state index in [1.807, 2.05) is 0 Å². The fourth-order valence-electron chi connectivity index (χ4n) is 1.96. The molecule has 0 saturated carbocycles. The molecule has 0 fully saturated rings. The zero-order chi connectivity index (χ0) is 14.8. The molecule has 7 heteroatoms. The Hall–Kier alpha value is -3.22. The van der Waals surface area contributed by atoms with Crippen LogP contribution >= 0.6 is 0 Å². The number of nitrogens with one attached hydrogen (secondary N) is 2. The fraction of sp³-hybridized carbons (Fsp3) is 0. The zero-order valence-corrected chi connectivity index (χ0v) is 10.7. The number of carbonyl (C=O) groups is 2.